The molecule has 0 spiro atoms. The lowest BCUT2D eigenvalue weighted by atomic mass is 10.0. The van der Waals surface area contributed by atoms with Gasteiger partial charge >= 0.3 is 0 Å². The van der Waals surface area contributed by atoms with Crippen LogP contribution in [0.25, 0.3) is 0 Å². The van der Waals surface area contributed by atoms with Crippen LogP contribution in [0.5, 0.6) is 0 Å². The Bertz CT molecular complexity index is 301. The molecule has 0 aliphatic carbocycles. The highest BCUT2D eigenvalue weighted by molar-refractivity contribution is 5.79. The molecule has 0 radical (unpaired) electrons. The maximum atomic E-state index is 9.93. The van der Waals surface area contributed by atoms with Gasteiger partial charge < -0.3 is 5.11 Å². The highest BCUT2D eigenvalue weighted by atomic mass is 16.3. The van der Waals surface area contributed by atoms with E-state index in [2.05, 4.69) is 4.99 Å². The first-order valence-electron chi connectivity index (χ1n) is 4.85. The fraction of sp³-hybridized carbons (Fsp3) is 0.417. The van der Waals surface area contributed by atoms with E-state index in [0.717, 1.165) is 11.3 Å². The van der Waals surface area contributed by atoms with Crippen molar-refractivity contribution in [3.05, 3.63) is 35.9 Å². The molecular weight excluding hydrogens is 174 g/mol. The molecule has 1 N–H and O–H groups in total. The van der Waals surface area contributed by atoms with Crippen LogP contribution in [0.1, 0.15) is 32.4 Å². The van der Waals surface area contributed by atoms with Crippen LogP contribution in [0, 0.1) is 0 Å². The third kappa shape index (κ3) is 2.96. The van der Waals surface area contributed by atoms with Crippen LogP contribution in [0.15, 0.2) is 35.3 Å². The van der Waals surface area contributed by atoms with E-state index in [1.165, 1.54) is 0 Å². The van der Waals surface area contributed by atoms with E-state index in [1.54, 1.807) is 0 Å². The molecule has 0 fully saturated rings. The Balaban J connectivity index is 2.76. The summed E-state index contributed by atoms with van der Waals surface area (Å²) in [6.07, 6.45) is -0.508. The number of aliphatic hydroxyl groups excluding tert-OH is 1. The monoisotopic (exact) mass is 191 g/mol. The van der Waals surface area contributed by atoms with E-state index >= 15 is 0 Å². The first-order valence-corrected chi connectivity index (χ1v) is 4.85. The summed E-state index contributed by atoms with van der Waals surface area (Å²) in [5, 5.41) is 9.93. The molecule has 1 aromatic rings. The molecule has 76 valence electrons. The van der Waals surface area contributed by atoms with Crippen molar-refractivity contribution in [2.75, 3.05) is 0 Å². The Hall–Kier alpha value is -1.15. The molecule has 1 rings (SSSR count). The van der Waals surface area contributed by atoms with Gasteiger partial charge in [-0.3, -0.25) is 4.99 Å². The first-order chi connectivity index (χ1) is 6.61. The van der Waals surface area contributed by atoms with E-state index in [9.17, 15) is 5.11 Å². The number of benzene rings is 1. The van der Waals surface area contributed by atoms with Gasteiger partial charge in [-0.15, -0.1) is 0 Å². The second-order valence-electron chi connectivity index (χ2n) is 3.67. The minimum atomic E-state index is -0.508. The number of nitrogens with zero attached hydrogens (tertiary/aromatic N) is 1. The van der Waals surface area contributed by atoms with Crippen molar-refractivity contribution >= 4 is 5.71 Å². The Kier molecular flexibility index (Phi) is 3.84. The Morgan fingerprint density at radius 1 is 1.21 bits per heavy atom. The predicted octanol–water partition coefficient (Wildman–Crippen LogP) is 2.59. The lowest BCUT2D eigenvalue weighted by molar-refractivity contribution is 0.154. The molecule has 2 heteroatoms. The summed E-state index contributed by atoms with van der Waals surface area (Å²) in [4.78, 5) is 4.32. The lowest BCUT2D eigenvalue weighted by Gasteiger charge is -2.15. The van der Waals surface area contributed by atoms with Crippen LogP contribution < -0.4 is 0 Å². The molecular formula is C12H17NO. The summed E-state index contributed by atoms with van der Waals surface area (Å²) in [6, 6.07) is 9.54. The van der Waals surface area contributed by atoms with Crippen LogP contribution in [0.3, 0.4) is 0 Å². The number of aliphatic hydroxyl groups is 1. The summed E-state index contributed by atoms with van der Waals surface area (Å²) in [5.74, 6) is 0. The summed E-state index contributed by atoms with van der Waals surface area (Å²) in [5.41, 5.74) is 1.91. The molecule has 0 saturated heterocycles. The molecule has 0 unspecified atom stereocenters. The smallest absolute Gasteiger partial charge is 0.101 e. The van der Waals surface area contributed by atoms with Crippen molar-refractivity contribution < 1.29 is 5.11 Å². The fourth-order valence-electron chi connectivity index (χ4n) is 1.41. The highest BCUT2D eigenvalue weighted by Gasteiger charge is 2.14. The molecule has 0 aliphatic heterocycles. The second-order valence-corrected chi connectivity index (χ2v) is 3.67. The highest BCUT2D eigenvalue weighted by Crippen LogP contribution is 2.18. The SMILES string of the molecule is CC(C)=N[C@H](C)[C@@H](O)c1ccccc1. The van der Waals surface area contributed by atoms with E-state index in [4.69, 9.17) is 0 Å². The summed E-state index contributed by atoms with van der Waals surface area (Å²) >= 11 is 0. The fourth-order valence-corrected chi connectivity index (χ4v) is 1.41. The molecule has 0 aliphatic rings. The molecule has 0 saturated carbocycles. The van der Waals surface area contributed by atoms with Gasteiger partial charge in [0.05, 0.1) is 6.04 Å². The first kappa shape index (κ1) is 10.9. The Labute approximate surface area is 85.3 Å². The molecule has 0 aromatic heterocycles. The number of rotatable bonds is 3. The van der Waals surface area contributed by atoms with Gasteiger partial charge in [-0.25, -0.2) is 0 Å². The molecule has 0 bridgehead atoms. The number of hydrogen-bond donors (Lipinski definition) is 1. The van der Waals surface area contributed by atoms with E-state index < -0.39 is 6.10 Å². The standard InChI is InChI=1S/C12H17NO/c1-9(2)13-10(3)12(14)11-7-5-4-6-8-11/h4-8,10,12,14H,1-3H3/t10-,12-/m1/s1. The zero-order valence-electron chi connectivity index (χ0n) is 8.94. The van der Waals surface area contributed by atoms with Crippen molar-refractivity contribution in [3.63, 3.8) is 0 Å². The molecule has 2 atom stereocenters. The zero-order chi connectivity index (χ0) is 10.6. The van der Waals surface area contributed by atoms with Gasteiger partial charge in [-0.05, 0) is 26.3 Å². The maximum absolute atomic E-state index is 9.93. The Morgan fingerprint density at radius 2 is 1.79 bits per heavy atom. The largest absolute Gasteiger partial charge is 0.386 e. The quantitative estimate of drug-likeness (QED) is 0.732. The van der Waals surface area contributed by atoms with Gasteiger partial charge in [-0.2, -0.15) is 0 Å². The average Bonchev–Trinajstić information content (AvgIpc) is 2.17. The molecule has 0 amide bonds. The van der Waals surface area contributed by atoms with Crippen molar-refractivity contribution in [1.82, 2.24) is 0 Å². The summed E-state index contributed by atoms with van der Waals surface area (Å²) in [6.45, 7) is 5.80. The summed E-state index contributed by atoms with van der Waals surface area (Å²) in [7, 11) is 0. The van der Waals surface area contributed by atoms with Crippen molar-refractivity contribution in [1.29, 1.82) is 0 Å². The predicted molar refractivity (Wildman–Crippen MR) is 59.6 cm³/mol. The van der Waals surface area contributed by atoms with Crippen molar-refractivity contribution in [2.45, 2.75) is 32.9 Å². The van der Waals surface area contributed by atoms with E-state index in [-0.39, 0.29) is 6.04 Å². The lowest BCUT2D eigenvalue weighted by Crippen LogP contribution is -2.13. The third-order valence-electron chi connectivity index (χ3n) is 2.06. The van der Waals surface area contributed by atoms with Gasteiger partial charge in [0.1, 0.15) is 6.10 Å². The van der Waals surface area contributed by atoms with Crippen LogP contribution in [0.2, 0.25) is 0 Å². The minimum absolute atomic E-state index is 0.0811. The second kappa shape index (κ2) is 4.91. The third-order valence-corrected chi connectivity index (χ3v) is 2.06. The van der Waals surface area contributed by atoms with Gasteiger partial charge in [0.2, 0.25) is 0 Å². The Morgan fingerprint density at radius 3 is 2.29 bits per heavy atom. The van der Waals surface area contributed by atoms with Gasteiger partial charge in [0.15, 0.2) is 0 Å². The van der Waals surface area contributed by atoms with E-state index in [1.807, 2.05) is 51.1 Å². The number of hydrogen-bond acceptors (Lipinski definition) is 2. The van der Waals surface area contributed by atoms with Crippen LogP contribution in [0.4, 0.5) is 0 Å². The molecule has 2 nitrogen and oxygen atoms in total. The molecule has 0 heterocycles. The van der Waals surface area contributed by atoms with Crippen molar-refractivity contribution in [3.8, 4) is 0 Å². The van der Waals surface area contributed by atoms with Crippen LogP contribution in [-0.4, -0.2) is 16.9 Å². The zero-order valence-corrected chi connectivity index (χ0v) is 8.94. The molecule has 14 heavy (non-hydrogen) atoms. The average molecular weight is 191 g/mol. The summed E-state index contributed by atoms with van der Waals surface area (Å²) < 4.78 is 0. The van der Waals surface area contributed by atoms with Crippen LogP contribution >= 0.6 is 0 Å². The normalized spacial score (nSPS) is 14.6. The molecule has 1 aromatic carbocycles. The maximum Gasteiger partial charge on any atom is 0.101 e. The number of aliphatic imine (C=N–C) groups is 1. The topological polar surface area (TPSA) is 32.6 Å². The minimum Gasteiger partial charge on any atom is -0.386 e. The van der Waals surface area contributed by atoms with Gasteiger partial charge in [0, 0.05) is 5.71 Å². The van der Waals surface area contributed by atoms with E-state index in [0.29, 0.717) is 0 Å². The van der Waals surface area contributed by atoms with Gasteiger partial charge in [0.25, 0.3) is 0 Å². The van der Waals surface area contributed by atoms with Crippen molar-refractivity contribution in [2.24, 2.45) is 4.99 Å². The van der Waals surface area contributed by atoms with Crippen LogP contribution in [-0.2, 0) is 0 Å². The van der Waals surface area contributed by atoms with Gasteiger partial charge in [-0.1, -0.05) is 30.3 Å².